The first-order valence-corrected chi connectivity index (χ1v) is 9.91. The molecule has 3 heterocycles. The molecular weight excluding hydrogens is 422 g/mol. The third-order valence-corrected chi connectivity index (χ3v) is 5.52. The van der Waals surface area contributed by atoms with E-state index in [9.17, 15) is 9.59 Å². The van der Waals surface area contributed by atoms with Gasteiger partial charge in [0, 0.05) is 47.8 Å². The number of imide groups is 1. The normalized spacial score (nSPS) is 18.9. The summed E-state index contributed by atoms with van der Waals surface area (Å²) in [6, 6.07) is 9.29. The van der Waals surface area contributed by atoms with E-state index in [2.05, 4.69) is 43.1 Å². The van der Waals surface area contributed by atoms with Crippen molar-refractivity contribution >= 4 is 44.8 Å². The van der Waals surface area contributed by atoms with E-state index in [1.165, 1.54) is 0 Å². The molecule has 8 heteroatoms. The number of carbonyl (C=O) groups is 2. The minimum atomic E-state index is -0.395. The van der Waals surface area contributed by atoms with Crippen molar-refractivity contribution in [2.24, 2.45) is 0 Å². The van der Waals surface area contributed by atoms with Crippen molar-refractivity contribution in [2.75, 3.05) is 38.1 Å². The second-order valence-corrected chi connectivity index (χ2v) is 7.88. The number of nitrogens with one attached hydrogen (secondary N) is 1. The molecule has 0 aliphatic carbocycles. The van der Waals surface area contributed by atoms with Gasteiger partial charge in [-0.3, -0.25) is 20.2 Å². The average Bonchev–Trinajstić information content (AvgIpc) is 2.68. The number of amides is 2. The van der Waals surface area contributed by atoms with Crippen molar-refractivity contribution in [1.29, 1.82) is 0 Å². The number of halogens is 1. The number of likely N-dealkylation sites (N-methyl/N-ethyl adjacent to an activating group) is 1. The topological polar surface area (TPSA) is 82.1 Å². The highest BCUT2D eigenvalue weighted by atomic mass is 79.9. The molecule has 1 fully saturated rings. The fourth-order valence-corrected chi connectivity index (χ4v) is 3.72. The van der Waals surface area contributed by atoms with Crippen molar-refractivity contribution in [2.45, 2.75) is 0 Å². The molecule has 0 radical (unpaired) electrons. The van der Waals surface area contributed by atoms with E-state index >= 15 is 0 Å². The summed E-state index contributed by atoms with van der Waals surface area (Å²) in [6.07, 6.45) is 3.54. The first kappa shape index (κ1) is 18.8. The van der Waals surface area contributed by atoms with Crippen molar-refractivity contribution < 1.29 is 14.9 Å². The Balaban J connectivity index is 1.53. The second kappa shape index (κ2) is 7.83. The third-order valence-electron chi connectivity index (χ3n) is 5.03. The summed E-state index contributed by atoms with van der Waals surface area (Å²) in [5, 5.41) is 4.23. The first-order valence-electron chi connectivity index (χ1n) is 9.11. The number of quaternary nitrogens is 1. The van der Waals surface area contributed by atoms with Crippen LogP contribution in [0.15, 0.2) is 47.2 Å². The quantitative estimate of drug-likeness (QED) is 0.549. The van der Waals surface area contributed by atoms with Crippen LogP contribution in [0.4, 0.5) is 11.5 Å². The first-order chi connectivity index (χ1) is 13.5. The summed E-state index contributed by atoms with van der Waals surface area (Å²) >= 11 is 3.41. The van der Waals surface area contributed by atoms with Crippen LogP contribution in [-0.2, 0) is 4.79 Å². The summed E-state index contributed by atoms with van der Waals surface area (Å²) < 4.78 is 0.817. The van der Waals surface area contributed by atoms with Gasteiger partial charge in [0.2, 0.25) is 0 Å². The van der Waals surface area contributed by atoms with Crippen molar-refractivity contribution in [3.05, 3.63) is 58.3 Å². The number of piperazine rings is 1. The molecule has 2 amide bonds. The van der Waals surface area contributed by atoms with Crippen LogP contribution in [0, 0.1) is 0 Å². The highest BCUT2D eigenvalue weighted by Gasteiger charge is 2.28. The molecule has 1 aromatic carbocycles. The molecule has 7 nitrogen and oxygen atoms in total. The van der Waals surface area contributed by atoms with Crippen LogP contribution in [0.2, 0.25) is 0 Å². The lowest BCUT2D eigenvalue weighted by atomic mass is 9.95. The van der Waals surface area contributed by atoms with Gasteiger partial charge in [-0.1, -0.05) is 15.9 Å². The van der Waals surface area contributed by atoms with Crippen LogP contribution < -0.4 is 15.5 Å². The van der Waals surface area contributed by atoms with Gasteiger partial charge in [-0.2, -0.15) is 0 Å². The molecule has 0 unspecified atom stereocenters. The number of nitrogens with zero attached hydrogens (tertiary/aromatic N) is 3. The highest BCUT2D eigenvalue weighted by molar-refractivity contribution is 9.10. The number of carbonyl (C=O) groups excluding carboxylic acids is 2. The van der Waals surface area contributed by atoms with E-state index < -0.39 is 5.91 Å². The number of fused-ring (bicyclic) bond motifs is 1. The van der Waals surface area contributed by atoms with Crippen LogP contribution >= 0.6 is 15.9 Å². The number of aromatic nitrogens is 1. The number of nitrogens with two attached hydrogens (primary N) is 1. The van der Waals surface area contributed by atoms with Crippen molar-refractivity contribution in [3.8, 4) is 0 Å². The van der Waals surface area contributed by atoms with E-state index in [1.54, 1.807) is 30.6 Å². The number of hydrogen-bond acceptors (Lipinski definition) is 5. The van der Waals surface area contributed by atoms with Crippen molar-refractivity contribution in [1.82, 2.24) is 15.2 Å². The number of rotatable bonds is 3. The second-order valence-electron chi connectivity index (χ2n) is 6.96. The van der Waals surface area contributed by atoms with Gasteiger partial charge in [-0.05, 0) is 31.3 Å². The van der Waals surface area contributed by atoms with E-state index in [-0.39, 0.29) is 5.91 Å². The predicted octanol–water partition coefficient (Wildman–Crippen LogP) is 1.10. The standard InChI is InChI=1S/C20H20BrN5O2/c1-25-6-8-26(9-7-25)18-5-3-14(11-23-18)22-12-17-16-10-13(21)2-4-15(16)19(27)24-20(17)28/h2-5,10-12,22H,6-9H2,1H3,(H,24,27,28)/p+1. The van der Waals surface area contributed by atoms with Crippen LogP contribution in [0.25, 0.3) is 5.57 Å². The van der Waals surface area contributed by atoms with Crippen molar-refractivity contribution in [3.63, 3.8) is 0 Å². The summed E-state index contributed by atoms with van der Waals surface area (Å²) in [6.45, 7) is 4.00. The lowest BCUT2D eigenvalue weighted by molar-refractivity contribution is -0.495. The highest BCUT2D eigenvalue weighted by Crippen LogP contribution is 2.26. The largest absolute Gasteiger partial charge is 0.354 e. The molecule has 2 aliphatic heterocycles. The maximum Gasteiger partial charge on any atom is 0.264 e. The molecule has 28 heavy (non-hydrogen) atoms. The molecule has 144 valence electrons. The van der Waals surface area contributed by atoms with E-state index in [4.69, 9.17) is 0 Å². The molecular formula is C20H21BrN5O2+. The summed E-state index contributed by atoms with van der Waals surface area (Å²) in [4.78, 5) is 33.5. The average molecular weight is 443 g/mol. The van der Waals surface area contributed by atoms with Gasteiger partial charge >= 0.3 is 0 Å². The Morgan fingerprint density at radius 3 is 2.57 bits per heavy atom. The Morgan fingerprint density at radius 2 is 1.86 bits per heavy atom. The molecule has 0 atom stereocenters. The van der Waals surface area contributed by atoms with Crippen LogP contribution in [0.5, 0.6) is 0 Å². The fourth-order valence-electron chi connectivity index (χ4n) is 3.36. The maximum absolute atomic E-state index is 12.3. The number of pyridine rings is 1. The van der Waals surface area contributed by atoms with Crippen LogP contribution in [-0.4, -0.2) is 54.9 Å². The number of benzene rings is 1. The Hall–Kier alpha value is -2.55. The van der Waals surface area contributed by atoms with Gasteiger partial charge in [0.15, 0.2) is 5.69 Å². The molecule has 0 spiro atoms. The molecule has 2 aromatic rings. The zero-order valence-electron chi connectivity index (χ0n) is 15.5. The Kier molecular flexibility index (Phi) is 5.25. The van der Waals surface area contributed by atoms with Gasteiger partial charge in [0.05, 0.1) is 6.20 Å². The van der Waals surface area contributed by atoms with Gasteiger partial charge in [0.1, 0.15) is 17.6 Å². The van der Waals surface area contributed by atoms with Crippen LogP contribution in [0.3, 0.4) is 0 Å². The molecule has 4 rings (SSSR count). The lowest BCUT2D eigenvalue weighted by Gasteiger charge is -2.33. The van der Waals surface area contributed by atoms with E-state index in [1.807, 2.05) is 17.4 Å². The summed E-state index contributed by atoms with van der Waals surface area (Å²) in [5.74, 6) is 0.199. The molecule has 0 saturated carbocycles. The van der Waals surface area contributed by atoms with Gasteiger partial charge in [-0.15, -0.1) is 0 Å². The van der Waals surface area contributed by atoms with E-state index in [0.717, 1.165) is 42.2 Å². The molecule has 3 N–H and O–H groups in total. The molecule has 0 bridgehead atoms. The zero-order chi connectivity index (χ0) is 19.7. The maximum atomic E-state index is 12.3. The fraction of sp³-hybridized carbons (Fsp3) is 0.250. The van der Waals surface area contributed by atoms with Gasteiger partial charge in [0.25, 0.3) is 11.8 Å². The zero-order valence-corrected chi connectivity index (χ0v) is 17.1. The van der Waals surface area contributed by atoms with Gasteiger partial charge in [-0.25, -0.2) is 4.98 Å². The van der Waals surface area contributed by atoms with Crippen LogP contribution in [0.1, 0.15) is 15.9 Å². The third kappa shape index (κ3) is 3.84. The predicted molar refractivity (Wildman–Crippen MR) is 110 cm³/mol. The summed E-state index contributed by atoms with van der Waals surface area (Å²) in [7, 11) is 2.13. The SMILES string of the molecule is CN1CCN(c2ccc([NH2+]C=C3C(=O)NC(=O)c4ccc(Br)cc43)cn2)CC1. The number of hydrogen-bond donors (Lipinski definition) is 2. The minimum absolute atomic E-state index is 0.372. The lowest BCUT2D eigenvalue weighted by Crippen LogP contribution is -2.71. The Bertz CT molecular complexity index is 950. The molecule has 1 saturated heterocycles. The summed E-state index contributed by atoms with van der Waals surface area (Å²) in [5.41, 5.74) is 2.47. The monoisotopic (exact) mass is 442 g/mol. The minimum Gasteiger partial charge on any atom is -0.354 e. The number of anilines is 1. The van der Waals surface area contributed by atoms with E-state index in [0.29, 0.717) is 16.7 Å². The Morgan fingerprint density at radius 1 is 1.07 bits per heavy atom. The smallest absolute Gasteiger partial charge is 0.264 e. The Labute approximate surface area is 171 Å². The van der Waals surface area contributed by atoms with Gasteiger partial charge < -0.3 is 9.80 Å². The molecule has 2 aliphatic rings. The molecule has 1 aromatic heterocycles.